The van der Waals surface area contributed by atoms with Gasteiger partial charge in [-0.15, -0.1) is 0 Å². The molecule has 0 aromatic heterocycles. The fourth-order valence-corrected chi connectivity index (χ4v) is 7.90. The number of aliphatic hydroxyl groups is 2. The summed E-state index contributed by atoms with van der Waals surface area (Å²) in [5, 5.41) is 20.8. The summed E-state index contributed by atoms with van der Waals surface area (Å²) in [5.41, 5.74) is 0. The quantitative estimate of drug-likeness (QED) is 0.0197. The van der Waals surface area contributed by atoms with E-state index in [-0.39, 0.29) is 44.2 Å². The van der Waals surface area contributed by atoms with Gasteiger partial charge < -0.3 is 38.1 Å². The number of Topliss-reactive ketones (excluding diaryl/α,β-unsaturated/α-hetero) is 1. The predicted octanol–water partition coefficient (Wildman–Crippen LogP) is 10.4. The summed E-state index contributed by atoms with van der Waals surface area (Å²) in [5.74, 6) is -1.82. The molecule has 0 aromatic carbocycles. The van der Waals surface area contributed by atoms with Crippen molar-refractivity contribution in [1.29, 1.82) is 0 Å². The highest BCUT2D eigenvalue weighted by Gasteiger charge is 2.39. The molecule has 1 aliphatic carbocycles. The van der Waals surface area contributed by atoms with Crippen LogP contribution in [0.2, 0.25) is 0 Å². The largest absolute Gasteiger partial charge is 0.756 e. The summed E-state index contributed by atoms with van der Waals surface area (Å²) in [7, 11) is 0.986. The van der Waals surface area contributed by atoms with Gasteiger partial charge in [-0.2, -0.15) is 0 Å². The van der Waals surface area contributed by atoms with Gasteiger partial charge in [-0.05, 0) is 70.6 Å². The van der Waals surface area contributed by atoms with E-state index in [0.717, 1.165) is 70.6 Å². The third-order valence-corrected chi connectivity index (χ3v) is 12.1. The van der Waals surface area contributed by atoms with Gasteiger partial charge in [0.1, 0.15) is 25.5 Å². The standard InChI is InChI=1S/C51H88NO11P/c1-6-8-10-11-12-13-14-15-16-17-18-19-20-21-22-23-24-25-26-31-35-50(56)60-42-45(43-62-64(58,59)61-40-39-52(3,4)5)63-51(57)36-32-28-27-30-34-46-47(49(55)41-48(46)54)38-37-44(53)33-29-9-7-2/h13-14,16-17,19-20,27,30,37-38,44-48,53-54H,6-12,15,18,21-26,28-29,31-36,39-43H2,1-5H3/b14-13-,17-16-,20-19-,30-27-,38-37+/t44-,45+,46+,47+,48-/m0/s1. The lowest BCUT2D eigenvalue weighted by molar-refractivity contribution is -0.870. The summed E-state index contributed by atoms with van der Waals surface area (Å²) in [4.78, 5) is 50.4. The van der Waals surface area contributed by atoms with Gasteiger partial charge in [-0.25, -0.2) is 0 Å². The van der Waals surface area contributed by atoms with Crippen LogP contribution >= 0.6 is 7.82 Å². The maximum atomic E-state index is 12.8. The monoisotopic (exact) mass is 922 g/mol. The molecule has 64 heavy (non-hydrogen) atoms. The summed E-state index contributed by atoms with van der Waals surface area (Å²) >= 11 is 0. The Morgan fingerprint density at radius 2 is 1.31 bits per heavy atom. The van der Waals surface area contributed by atoms with E-state index in [2.05, 4.69) is 50.3 Å². The summed E-state index contributed by atoms with van der Waals surface area (Å²) < 4.78 is 33.9. The number of unbranched alkanes of at least 4 members (excludes halogenated alkanes) is 13. The van der Waals surface area contributed by atoms with E-state index >= 15 is 0 Å². The fourth-order valence-electron chi connectivity index (χ4n) is 7.17. The molecule has 1 rings (SSSR count). The Morgan fingerprint density at radius 3 is 1.97 bits per heavy atom. The molecular weight excluding hydrogens is 834 g/mol. The van der Waals surface area contributed by atoms with Crippen LogP contribution in [0.1, 0.15) is 168 Å². The first-order valence-corrected chi connectivity index (χ1v) is 26.1. The number of allylic oxidation sites excluding steroid dienone is 9. The van der Waals surface area contributed by atoms with E-state index in [0.29, 0.717) is 43.1 Å². The molecule has 0 bridgehead atoms. The van der Waals surface area contributed by atoms with E-state index in [1.165, 1.54) is 32.1 Å². The van der Waals surface area contributed by atoms with E-state index in [1.807, 2.05) is 33.3 Å². The number of hydrogen-bond acceptors (Lipinski definition) is 11. The molecule has 1 saturated carbocycles. The van der Waals surface area contributed by atoms with Crippen LogP contribution in [0.3, 0.4) is 0 Å². The number of hydrogen-bond donors (Lipinski definition) is 2. The highest BCUT2D eigenvalue weighted by Crippen LogP contribution is 2.38. The number of carbonyl (C=O) groups is 3. The van der Waals surface area contributed by atoms with Crippen molar-refractivity contribution < 1.29 is 57.1 Å². The molecule has 1 aliphatic rings. The van der Waals surface area contributed by atoms with Gasteiger partial charge in [0, 0.05) is 31.1 Å². The first-order chi connectivity index (χ1) is 30.7. The SMILES string of the molecule is CCCCCC/C=C\C/C=C\C/C=C\CCCCCCCCC(=O)OC[C@H](COP(=O)([O-])OCC[N+](C)(C)C)OC(=O)CCC/C=C\C[C@H]1[C@@H](O)CC(=O)[C@@H]1/C=C/[C@@H](O)CCCCC. The van der Waals surface area contributed by atoms with Crippen molar-refractivity contribution >= 4 is 25.5 Å². The molecule has 0 radical (unpaired) electrons. The maximum Gasteiger partial charge on any atom is 0.306 e. The van der Waals surface area contributed by atoms with Crippen molar-refractivity contribution in [1.82, 2.24) is 0 Å². The van der Waals surface area contributed by atoms with Gasteiger partial charge in [0.05, 0.1) is 40.0 Å². The molecule has 0 saturated heterocycles. The van der Waals surface area contributed by atoms with Crippen LogP contribution in [0.5, 0.6) is 0 Å². The average molecular weight is 922 g/mol. The Hall–Kier alpha value is -2.70. The molecule has 368 valence electrons. The van der Waals surface area contributed by atoms with Crippen molar-refractivity contribution in [3.8, 4) is 0 Å². The number of phosphoric ester groups is 1. The minimum atomic E-state index is -4.71. The van der Waals surface area contributed by atoms with Gasteiger partial charge in [-0.3, -0.25) is 18.9 Å². The molecule has 13 heteroatoms. The first kappa shape index (κ1) is 59.3. The number of rotatable bonds is 40. The van der Waals surface area contributed by atoms with Gasteiger partial charge >= 0.3 is 11.9 Å². The predicted molar refractivity (Wildman–Crippen MR) is 255 cm³/mol. The van der Waals surface area contributed by atoms with Crippen LogP contribution in [0.25, 0.3) is 0 Å². The molecule has 6 atom stereocenters. The Labute approximate surface area is 387 Å². The summed E-state index contributed by atoms with van der Waals surface area (Å²) in [6, 6.07) is 0. The Kier molecular flexibility index (Phi) is 34.7. The highest BCUT2D eigenvalue weighted by molar-refractivity contribution is 7.45. The number of quaternary nitrogens is 1. The van der Waals surface area contributed by atoms with E-state index in [4.69, 9.17) is 18.5 Å². The normalized spacial score (nSPS) is 19.2. The molecule has 0 aliphatic heterocycles. The Balaban J connectivity index is 2.46. The third-order valence-electron chi connectivity index (χ3n) is 11.1. The number of carbonyl (C=O) groups excluding carboxylic acids is 3. The maximum absolute atomic E-state index is 12.8. The Bertz CT molecular complexity index is 1440. The van der Waals surface area contributed by atoms with Crippen molar-refractivity contribution in [2.45, 2.75) is 186 Å². The fraction of sp³-hybridized carbons (Fsp3) is 0.745. The van der Waals surface area contributed by atoms with E-state index in [1.54, 1.807) is 12.2 Å². The lowest BCUT2D eigenvalue weighted by Gasteiger charge is -2.28. The second-order valence-electron chi connectivity index (χ2n) is 18.3. The molecule has 12 nitrogen and oxygen atoms in total. The number of esters is 2. The number of ether oxygens (including phenoxy) is 2. The zero-order valence-corrected chi connectivity index (χ0v) is 41.3. The molecule has 1 fully saturated rings. The van der Waals surface area contributed by atoms with Crippen LogP contribution in [-0.4, -0.2) is 98.2 Å². The minimum absolute atomic E-state index is 0.0285. The average Bonchev–Trinajstić information content (AvgIpc) is 3.51. The number of nitrogens with zero attached hydrogens (tertiary/aromatic N) is 1. The molecular formula is C51H88NO11P. The van der Waals surface area contributed by atoms with Crippen molar-refractivity contribution in [2.24, 2.45) is 11.8 Å². The van der Waals surface area contributed by atoms with Crippen LogP contribution in [-0.2, 0) is 37.5 Å². The third kappa shape index (κ3) is 33.7. The number of ketones is 1. The number of phosphoric acid groups is 1. The van der Waals surface area contributed by atoms with Gasteiger partial charge in [0.15, 0.2) is 6.10 Å². The molecule has 0 heterocycles. The lowest BCUT2D eigenvalue weighted by atomic mass is 9.90. The second-order valence-corrected chi connectivity index (χ2v) is 19.7. The molecule has 0 spiro atoms. The van der Waals surface area contributed by atoms with Crippen LogP contribution in [0.4, 0.5) is 0 Å². The summed E-state index contributed by atoms with van der Waals surface area (Å²) in [6.07, 6.45) is 38.9. The topological polar surface area (TPSA) is 169 Å². The van der Waals surface area contributed by atoms with Gasteiger partial charge in [0.2, 0.25) is 0 Å². The first-order valence-electron chi connectivity index (χ1n) is 24.6. The number of likely N-dealkylation sites (N-methyl/N-ethyl adjacent to an activating group) is 1. The van der Waals surface area contributed by atoms with E-state index in [9.17, 15) is 34.1 Å². The zero-order chi connectivity index (χ0) is 47.3. The lowest BCUT2D eigenvalue weighted by Crippen LogP contribution is -2.37. The molecule has 1 unspecified atom stereocenters. The molecule has 0 amide bonds. The minimum Gasteiger partial charge on any atom is -0.756 e. The van der Waals surface area contributed by atoms with Gasteiger partial charge in [0.25, 0.3) is 7.82 Å². The van der Waals surface area contributed by atoms with Crippen molar-refractivity contribution in [3.05, 3.63) is 60.8 Å². The van der Waals surface area contributed by atoms with E-state index < -0.39 is 50.6 Å². The van der Waals surface area contributed by atoms with Gasteiger partial charge in [-0.1, -0.05) is 139 Å². The zero-order valence-electron chi connectivity index (χ0n) is 40.4. The highest BCUT2D eigenvalue weighted by atomic mass is 31.2. The van der Waals surface area contributed by atoms with Crippen LogP contribution < -0.4 is 4.89 Å². The number of aliphatic hydroxyl groups excluding tert-OH is 2. The summed E-state index contributed by atoms with van der Waals surface area (Å²) in [6.45, 7) is 3.77. The Morgan fingerprint density at radius 1 is 0.750 bits per heavy atom. The van der Waals surface area contributed by atoms with Crippen LogP contribution in [0.15, 0.2) is 60.8 Å². The van der Waals surface area contributed by atoms with Crippen molar-refractivity contribution in [2.75, 3.05) is 47.5 Å². The van der Waals surface area contributed by atoms with Crippen LogP contribution in [0, 0.1) is 11.8 Å². The second kappa shape index (κ2) is 37.4. The smallest absolute Gasteiger partial charge is 0.306 e. The molecule has 2 N–H and O–H groups in total. The van der Waals surface area contributed by atoms with Crippen molar-refractivity contribution in [3.63, 3.8) is 0 Å². The molecule has 0 aromatic rings.